The Kier molecular flexibility index (Phi) is 5.16. The smallest absolute Gasteiger partial charge is 0.267 e. The normalized spacial score (nSPS) is 24.3. The van der Waals surface area contributed by atoms with Gasteiger partial charge in [0, 0.05) is 17.2 Å². The molecular weight excluding hydrogens is 260 g/mol. The van der Waals surface area contributed by atoms with Crippen LogP contribution >= 0.6 is 0 Å². The minimum absolute atomic E-state index is 0.122. The van der Waals surface area contributed by atoms with Gasteiger partial charge in [-0.3, -0.25) is 4.79 Å². The predicted molar refractivity (Wildman–Crippen MR) is 87.4 cm³/mol. The first kappa shape index (κ1) is 15.7. The van der Waals surface area contributed by atoms with Crippen LogP contribution in [0.15, 0.2) is 29.4 Å². The van der Waals surface area contributed by atoms with Gasteiger partial charge in [-0.1, -0.05) is 38.5 Å². The fourth-order valence-electron chi connectivity index (χ4n) is 2.98. The number of hydrogen-bond donors (Lipinski definition) is 1. The minimum Gasteiger partial charge on any atom is -0.267 e. The Bertz CT molecular complexity index is 517. The maximum atomic E-state index is 12.1. The van der Waals surface area contributed by atoms with Crippen LogP contribution in [0.2, 0.25) is 0 Å². The number of hydrazone groups is 1. The molecule has 1 N–H and O–H groups in total. The number of rotatable bonds is 3. The van der Waals surface area contributed by atoms with Gasteiger partial charge in [0.15, 0.2) is 0 Å². The third-order valence-electron chi connectivity index (χ3n) is 4.38. The van der Waals surface area contributed by atoms with Gasteiger partial charge in [-0.25, -0.2) is 5.43 Å². The van der Waals surface area contributed by atoms with Crippen LogP contribution in [0.3, 0.4) is 0 Å². The maximum Gasteiger partial charge on any atom is 0.271 e. The van der Waals surface area contributed by atoms with E-state index < -0.39 is 0 Å². The van der Waals surface area contributed by atoms with Gasteiger partial charge >= 0.3 is 0 Å². The Morgan fingerprint density at radius 1 is 1.24 bits per heavy atom. The zero-order valence-electron chi connectivity index (χ0n) is 13.5. The molecule has 0 unspecified atom stereocenters. The summed E-state index contributed by atoms with van der Waals surface area (Å²) in [4.78, 5) is 12.1. The highest BCUT2D eigenvalue weighted by Gasteiger charge is 2.27. The van der Waals surface area contributed by atoms with Crippen molar-refractivity contribution >= 4 is 11.6 Å². The van der Waals surface area contributed by atoms with E-state index in [2.05, 4.69) is 31.3 Å². The van der Waals surface area contributed by atoms with Gasteiger partial charge in [0.1, 0.15) is 0 Å². The molecule has 0 aromatic heterocycles. The number of amides is 1. The van der Waals surface area contributed by atoms with Crippen molar-refractivity contribution in [1.29, 1.82) is 0 Å². The van der Waals surface area contributed by atoms with Crippen molar-refractivity contribution in [1.82, 2.24) is 5.43 Å². The summed E-state index contributed by atoms with van der Waals surface area (Å²) in [5.74, 6) is 1.62. The first-order valence-corrected chi connectivity index (χ1v) is 7.91. The van der Waals surface area contributed by atoms with Crippen LogP contribution in [0.25, 0.3) is 0 Å². The van der Waals surface area contributed by atoms with E-state index in [0.29, 0.717) is 23.3 Å². The summed E-state index contributed by atoms with van der Waals surface area (Å²) in [6.07, 6.45) is 3.43. The Balaban J connectivity index is 2.06. The number of carbonyl (C=O) groups excluding carboxylic acids is 1. The van der Waals surface area contributed by atoms with Gasteiger partial charge in [-0.05, 0) is 50.2 Å². The Labute approximate surface area is 127 Å². The summed E-state index contributed by atoms with van der Waals surface area (Å²) in [5.41, 5.74) is 5.71. The van der Waals surface area contributed by atoms with E-state index in [9.17, 15) is 4.79 Å². The molecule has 3 nitrogen and oxygen atoms in total. The van der Waals surface area contributed by atoms with Crippen molar-refractivity contribution in [2.75, 3.05) is 0 Å². The second-order valence-electron chi connectivity index (χ2n) is 6.65. The predicted octanol–water partition coefficient (Wildman–Crippen LogP) is 4.17. The standard InChI is InChI=1S/C18H26N2O/c1-12(2)16-10-7-14(4)11-17(16)19-20-18(21)15-8-5-13(3)6-9-15/h5-6,8-9,12,14,16H,7,10-11H2,1-4H3,(H,20,21)/b19-17-/t14-,16+/m1/s1. The molecule has 1 aromatic carbocycles. The number of nitrogens with zero attached hydrogens (tertiary/aromatic N) is 1. The van der Waals surface area contributed by atoms with E-state index in [1.807, 2.05) is 31.2 Å². The molecule has 0 spiro atoms. The van der Waals surface area contributed by atoms with Crippen LogP contribution in [-0.4, -0.2) is 11.6 Å². The summed E-state index contributed by atoms with van der Waals surface area (Å²) < 4.78 is 0. The van der Waals surface area contributed by atoms with Crippen molar-refractivity contribution in [2.24, 2.45) is 22.9 Å². The number of carbonyl (C=O) groups is 1. The van der Waals surface area contributed by atoms with E-state index in [4.69, 9.17) is 0 Å². The second kappa shape index (κ2) is 6.88. The first-order chi connectivity index (χ1) is 9.97. The van der Waals surface area contributed by atoms with Crippen LogP contribution in [0.5, 0.6) is 0 Å². The molecule has 1 amide bonds. The van der Waals surface area contributed by atoms with Crippen molar-refractivity contribution in [3.63, 3.8) is 0 Å². The van der Waals surface area contributed by atoms with Gasteiger partial charge in [0.25, 0.3) is 5.91 Å². The highest BCUT2D eigenvalue weighted by Crippen LogP contribution is 2.31. The molecule has 1 aromatic rings. The molecule has 0 radical (unpaired) electrons. The summed E-state index contributed by atoms with van der Waals surface area (Å²) in [6, 6.07) is 7.58. The Morgan fingerprint density at radius 3 is 2.52 bits per heavy atom. The molecule has 1 saturated carbocycles. The molecule has 0 aliphatic heterocycles. The van der Waals surface area contributed by atoms with Gasteiger partial charge in [0.2, 0.25) is 0 Å². The molecule has 3 heteroatoms. The Hall–Kier alpha value is -1.64. The Morgan fingerprint density at radius 2 is 1.90 bits per heavy atom. The quantitative estimate of drug-likeness (QED) is 0.832. The molecule has 1 fully saturated rings. The van der Waals surface area contributed by atoms with E-state index in [0.717, 1.165) is 17.7 Å². The SMILES string of the molecule is Cc1ccc(C(=O)N/N=C2/C[C@H](C)CC[C@H]2C(C)C)cc1. The molecule has 0 saturated heterocycles. The summed E-state index contributed by atoms with van der Waals surface area (Å²) in [5, 5.41) is 4.45. The lowest BCUT2D eigenvalue weighted by atomic mass is 9.76. The average Bonchev–Trinajstić information content (AvgIpc) is 2.45. The fourth-order valence-corrected chi connectivity index (χ4v) is 2.98. The van der Waals surface area contributed by atoms with Crippen LogP contribution in [0.1, 0.15) is 56.0 Å². The van der Waals surface area contributed by atoms with E-state index in [1.54, 1.807) is 0 Å². The van der Waals surface area contributed by atoms with Gasteiger partial charge < -0.3 is 0 Å². The molecule has 114 valence electrons. The first-order valence-electron chi connectivity index (χ1n) is 7.91. The largest absolute Gasteiger partial charge is 0.271 e. The number of aryl methyl sites for hydroxylation is 1. The van der Waals surface area contributed by atoms with Crippen molar-refractivity contribution in [3.8, 4) is 0 Å². The maximum absolute atomic E-state index is 12.1. The van der Waals surface area contributed by atoms with Crippen molar-refractivity contribution in [2.45, 2.75) is 47.0 Å². The highest BCUT2D eigenvalue weighted by molar-refractivity contribution is 5.96. The molecule has 1 aliphatic carbocycles. The highest BCUT2D eigenvalue weighted by atomic mass is 16.2. The molecule has 2 atom stereocenters. The van der Waals surface area contributed by atoms with Crippen LogP contribution < -0.4 is 5.43 Å². The number of nitrogens with one attached hydrogen (secondary N) is 1. The van der Waals surface area contributed by atoms with Gasteiger partial charge in [-0.15, -0.1) is 0 Å². The van der Waals surface area contributed by atoms with Crippen LogP contribution in [0.4, 0.5) is 0 Å². The monoisotopic (exact) mass is 286 g/mol. The van der Waals surface area contributed by atoms with Crippen molar-refractivity contribution in [3.05, 3.63) is 35.4 Å². The minimum atomic E-state index is -0.122. The van der Waals surface area contributed by atoms with E-state index >= 15 is 0 Å². The second-order valence-corrected chi connectivity index (χ2v) is 6.65. The fraction of sp³-hybridized carbons (Fsp3) is 0.556. The van der Waals surface area contributed by atoms with Crippen LogP contribution in [0, 0.1) is 24.7 Å². The third kappa shape index (κ3) is 4.16. The molecule has 0 heterocycles. The van der Waals surface area contributed by atoms with Crippen molar-refractivity contribution < 1.29 is 4.79 Å². The zero-order valence-corrected chi connectivity index (χ0v) is 13.5. The number of hydrogen-bond acceptors (Lipinski definition) is 2. The lowest BCUT2D eigenvalue weighted by molar-refractivity contribution is 0.0954. The molecular formula is C18H26N2O. The third-order valence-corrected chi connectivity index (χ3v) is 4.38. The van der Waals surface area contributed by atoms with E-state index in [1.165, 1.54) is 12.8 Å². The average molecular weight is 286 g/mol. The summed E-state index contributed by atoms with van der Waals surface area (Å²) >= 11 is 0. The zero-order chi connectivity index (χ0) is 15.4. The van der Waals surface area contributed by atoms with Gasteiger partial charge in [0.05, 0.1) is 0 Å². The molecule has 1 aliphatic rings. The lowest BCUT2D eigenvalue weighted by Crippen LogP contribution is -2.31. The number of benzene rings is 1. The topological polar surface area (TPSA) is 41.5 Å². The molecule has 21 heavy (non-hydrogen) atoms. The summed E-state index contributed by atoms with van der Waals surface area (Å²) in [6.45, 7) is 8.74. The lowest BCUT2D eigenvalue weighted by Gasteiger charge is -2.30. The van der Waals surface area contributed by atoms with E-state index in [-0.39, 0.29) is 5.91 Å². The molecule has 0 bridgehead atoms. The summed E-state index contributed by atoms with van der Waals surface area (Å²) in [7, 11) is 0. The van der Waals surface area contributed by atoms with Gasteiger partial charge in [-0.2, -0.15) is 5.10 Å². The van der Waals surface area contributed by atoms with Crippen LogP contribution in [-0.2, 0) is 0 Å². The molecule has 2 rings (SSSR count).